The van der Waals surface area contributed by atoms with E-state index < -0.39 is 0 Å². The van der Waals surface area contributed by atoms with E-state index in [0.717, 1.165) is 61.7 Å². The Morgan fingerprint density at radius 1 is 1.22 bits per heavy atom. The first kappa shape index (κ1) is 25.8. The Kier molecular flexibility index (Phi) is 8.30. The molecule has 4 rings (SSSR count). The lowest BCUT2D eigenvalue weighted by atomic mass is 10.1. The fourth-order valence-corrected chi connectivity index (χ4v) is 4.78. The van der Waals surface area contributed by atoms with Crippen molar-refractivity contribution in [1.29, 1.82) is 0 Å². The van der Waals surface area contributed by atoms with E-state index in [1.165, 1.54) is 12.8 Å². The molecule has 1 aliphatic carbocycles. The van der Waals surface area contributed by atoms with E-state index in [0.29, 0.717) is 30.6 Å². The second-order valence-electron chi connectivity index (χ2n) is 9.89. The normalized spacial score (nSPS) is 16.7. The van der Waals surface area contributed by atoms with Gasteiger partial charge in [0.25, 0.3) is 0 Å². The van der Waals surface area contributed by atoms with Crippen molar-refractivity contribution in [3.05, 3.63) is 42.1 Å². The highest BCUT2D eigenvalue weighted by Gasteiger charge is 2.20. The Labute approximate surface area is 214 Å². The molecule has 3 N–H and O–H groups in total. The monoisotopic (exact) mass is 493 g/mol. The number of anilines is 3. The molecule has 1 saturated carbocycles. The molecule has 2 fully saturated rings. The number of phenolic OH excluding ortho intramolecular Hbond substituents is 1. The van der Waals surface area contributed by atoms with Gasteiger partial charge in [-0.05, 0) is 32.0 Å². The number of benzene rings is 1. The largest absolute Gasteiger partial charge is 0.506 e. The van der Waals surface area contributed by atoms with Gasteiger partial charge in [-0.3, -0.25) is 4.79 Å². The summed E-state index contributed by atoms with van der Waals surface area (Å²) in [6, 6.07) is 5.90. The maximum Gasteiger partial charge on any atom is 0.229 e. The Hall–Kier alpha value is -3.33. The Morgan fingerprint density at radius 2 is 1.94 bits per heavy atom. The van der Waals surface area contributed by atoms with E-state index in [9.17, 15) is 9.90 Å². The highest BCUT2D eigenvalue weighted by Crippen LogP contribution is 2.31. The first-order valence-electron chi connectivity index (χ1n) is 12.9. The van der Waals surface area contributed by atoms with Crippen LogP contribution in [0.5, 0.6) is 5.75 Å². The molecule has 0 spiro atoms. The van der Waals surface area contributed by atoms with E-state index in [4.69, 9.17) is 4.98 Å². The number of phenols is 1. The smallest absolute Gasteiger partial charge is 0.229 e. The maximum absolute atomic E-state index is 12.1. The predicted molar refractivity (Wildman–Crippen MR) is 144 cm³/mol. The van der Waals surface area contributed by atoms with Crippen molar-refractivity contribution in [2.75, 3.05) is 50.9 Å². The quantitative estimate of drug-likeness (QED) is 0.453. The zero-order valence-electron chi connectivity index (χ0n) is 21.8. The molecule has 9 nitrogen and oxygen atoms in total. The molecule has 0 bridgehead atoms. The van der Waals surface area contributed by atoms with Crippen molar-refractivity contribution in [3.8, 4) is 5.75 Å². The molecule has 0 atom stereocenters. The molecule has 36 heavy (non-hydrogen) atoms. The zero-order valence-corrected chi connectivity index (χ0v) is 21.8. The standard InChI is InChI=1S/C27H39N7O2/c1-5-25(36)33(4)18-21-17-28-27(31-26(21)29-22-8-6-7-9-22)30-23-11-10-20(16-24(23)35)19(2)34-14-12-32(3)13-15-34/h10-11,16-17,22,35H,2,5-9,12-15,18H2,1,3-4H3,(H2,28,29,30,31). The van der Waals surface area contributed by atoms with Gasteiger partial charge in [-0.2, -0.15) is 4.98 Å². The summed E-state index contributed by atoms with van der Waals surface area (Å²) in [6.07, 6.45) is 6.84. The second-order valence-corrected chi connectivity index (χ2v) is 9.89. The van der Waals surface area contributed by atoms with Crippen LogP contribution in [0.3, 0.4) is 0 Å². The molecule has 194 valence electrons. The molecule has 2 heterocycles. The molecule has 9 heteroatoms. The van der Waals surface area contributed by atoms with Crippen LogP contribution in [0.25, 0.3) is 5.70 Å². The summed E-state index contributed by atoms with van der Waals surface area (Å²) in [5.41, 5.74) is 3.22. The number of piperazine rings is 1. The van der Waals surface area contributed by atoms with Crippen molar-refractivity contribution in [3.63, 3.8) is 0 Å². The number of hydrogen-bond donors (Lipinski definition) is 3. The number of likely N-dealkylation sites (N-methyl/N-ethyl adjacent to an activating group) is 1. The van der Waals surface area contributed by atoms with Crippen LogP contribution in [0, 0.1) is 0 Å². The summed E-state index contributed by atoms with van der Waals surface area (Å²) in [5, 5.41) is 17.5. The topological polar surface area (TPSA) is 96.9 Å². The molecular weight excluding hydrogens is 454 g/mol. The molecule has 0 radical (unpaired) electrons. The minimum atomic E-state index is 0.0761. The van der Waals surface area contributed by atoms with Gasteiger partial charge in [0.2, 0.25) is 11.9 Å². The number of carbonyl (C=O) groups excluding carboxylic acids is 1. The van der Waals surface area contributed by atoms with E-state index in [1.54, 1.807) is 24.2 Å². The average Bonchev–Trinajstić information content (AvgIpc) is 3.39. The van der Waals surface area contributed by atoms with Crippen LogP contribution < -0.4 is 10.6 Å². The number of aromatic nitrogens is 2. The summed E-state index contributed by atoms with van der Waals surface area (Å²) in [6.45, 7) is 10.4. The minimum Gasteiger partial charge on any atom is -0.506 e. The lowest BCUT2D eigenvalue weighted by Gasteiger charge is -2.35. The highest BCUT2D eigenvalue weighted by molar-refractivity contribution is 5.75. The molecule has 1 aliphatic heterocycles. The molecule has 2 aliphatic rings. The first-order chi connectivity index (χ1) is 17.3. The van der Waals surface area contributed by atoms with Gasteiger partial charge in [0.1, 0.15) is 11.6 Å². The highest BCUT2D eigenvalue weighted by atomic mass is 16.3. The molecule has 2 aromatic rings. The van der Waals surface area contributed by atoms with Crippen LogP contribution in [0.15, 0.2) is 31.0 Å². The molecule has 1 amide bonds. The summed E-state index contributed by atoms with van der Waals surface area (Å²) in [5.74, 6) is 1.32. The maximum atomic E-state index is 12.1. The van der Waals surface area contributed by atoms with E-state index in [1.807, 2.05) is 19.1 Å². The second kappa shape index (κ2) is 11.6. The Morgan fingerprint density at radius 3 is 2.61 bits per heavy atom. The number of nitrogens with zero attached hydrogens (tertiary/aromatic N) is 5. The molecule has 1 saturated heterocycles. The van der Waals surface area contributed by atoms with Gasteiger partial charge in [-0.25, -0.2) is 4.98 Å². The number of amides is 1. The summed E-state index contributed by atoms with van der Waals surface area (Å²) >= 11 is 0. The van der Waals surface area contributed by atoms with Gasteiger partial charge < -0.3 is 30.4 Å². The summed E-state index contributed by atoms with van der Waals surface area (Å²) < 4.78 is 0. The molecule has 1 aromatic carbocycles. The summed E-state index contributed by atoms with van der Waals surface area (Å²) in [4.78, 5) is 27.6. The SMILES string of the molecule is C=C(c1ccc(Nc2ncc(CN(C)C(=O)CC)c(NC3CCCC3)n2)c(O)c1)N1CCN(C)CC1. The predicted octanol–water partition coefficient (Wildman–Crippen LogP) is 3.87. The van der Waals surface area contributed by atoms with Gasteiger partial charge in [0.05, 0.1) is 12.2 Å². The molecule has 1 aromatic heterocycles. The van der Waals surface area contributed by atoms with Crippen molar-refractivity contribution in [2.24, 2.45) is 0 Å². The van der Waals surface area contributed by atoms with Crippen LogP contribution in [0.2, 0.25) is 0 Å². The lowest BCUT2D eigenvalue weighted by molar-refractivity contribution is -0.130. The van der Waals surface area contributed by atoms with Gasteiger partial charge >= 0.3 is 0 Å². The first-order valence-corrected chi connectivity index (χ1v) is 12.9. The number of aromatic hydroxyl groups is 1. The van der Waals surface area contributed by atoms with Crippen LogP contribution in [-0.2, 0) is 11.3 Å². The van der Waals surface area contributed by atoms with Gasteiger partial charge in [0.15, 0.2) is 0 Å². The molecular formula is C27H39N7O2. The molecule has 0 unspecified atom stereocenters. The van der Waals surface area contributed by atoms with Crippen LogP contribution in [0.4, 0.5) is 17.5 Å². The Bertz CT molecular complexity index is 1080. The van der Waals surface area contributed by atoms with Crippen LogP contribution >= 0.6 is 0 Å². The van der Waals surface area contributed by atoms with Crippen LogP contribution in [-0.4, -0.2) is 82.0 Å². The number of nitrogens with one attached hydrogen (secondary N) is 2. The van der Waals surface area contributed by atoms with Crippen molar-refractivity contribution < 1.29 is 9.90 Å². The third-order valence-electron chi connectivity index (χ3n) is 7.16. The van der Waals surface area contributed by atoms with Gasteiger partial charge in [-0.1, -0.05) is 32.4 Å². The fraction of sp³-hybridized carbons (Fsp3) is 0.519. The number of hydrogen-bond acceptors (Lipinski definition) is 8. The third-order valence-corrected chi connectivity index (χ3v) is 7.16. The van der Waals surface area contributed by atoms with E-state index in [-0.39, 0.29) is 11.7 Å². The minimum absolute atomic E-state index is 0.0761. The average molecular weight is 494 g/mol. The van der Waals surface area contributed by atoms with E-state index >= 15 is 0 Å². The lowest BCUT2D eigenvalue weighted by Crippen LogP contribution is -2.43. The van der Waals surface area contributed by atoms with Crippen molar-refractivity contribution in [2.45, 2.75) is 51.6 Å². The van der Waals surface area contributed by atoms with Gasteiger partial charge in [0, 0.05) is 68.7 Å². The van der Waals surface area contributed by atoms with Gasteiger partial charge in [-0.15, -0.1) is 0 Å². The third kappa shape index (κ3) is 6.26. The number of rotatable bonds is 9. The van der Waals surface area contributed by atoms with Crippen molar-refractivity contribution >= 4 is 29.1 Å². The van der Waals surface area contributed by atoms with Crippen LogP contribution in [0.1, 0.15) is 50.2 Å². The summed E-state index contributed by atoms with van der Waals surface area (Å²) in [7, 11) is 3.92. The fourth-order valence-electron chi connectivity index (χ4n) is 4.78. The Balaban J connectivity index is 1.50. The van der Waals surface area contributed by atoms with E-state index in [2.05, 4.69) is 39.0 Å². The zero-order chi connectivity index (χ0) is 25.7. The number of carbonyl (C=O) groups is 1. The van der Waals surface area contributed by atoms with Crippen molar-refractivity contribution in [1.82, 2.24) is 24.7 Å².